The van der Waals surface area contributed by atoms with E-state index in [2.05, 4.69) is 18.7 Å². The molecule has 0 aromatic heterocycles. The highest BCUT2D eigenvalue weighted by Gasteiger charge is 2.31. The molecule has 0 bridgehead atoms. The Hall–Kier alpha value is -0.0400. The topological polar surface area (TPSA) is 3.24 Å². The molecule has 1 aliphatic heterocycles. The molecular formula is C12H23N. The Morgan fingerprint density at radius 3 is 2.46 bits per heavy atom. The minimum atomic E-state index is 0.944. The third kappa shape index (κ3) is 1.90. The van der Waals surface area contributed by atoms with Crippen molar-refractivity contribution in [3.05, 3.63) is 0 Å². The average molecular weight is 181 g/mol. The molecule has 0 amide bonds. The zero-order chi connectivity index (χ0) is 9.26. The second-order valence-corrected chi connectivity index (χ2v) is 5.01. The molecule has 2 fully saturated rings. The van der Waals surface area contributed by atoms with E-state index in [0.29, 0.717) is 0 Å². The molecule has 0 unspecified atom stereocenters. The second kappa shape index (κ2) is 4.00. The molecule has 1 saturated heterocycles. The molecule has 1 aliphatic carbocycles. The number of likely N-dealkylation sites (tertiary alicyclic amines) is 1. The summed E-state index contributed by atoms with van der Waals surface area (Å²) >= 11 is 0. The zero-order valence-electron chi connectivity index (χ0n) is 9.13. The summed E-state index contributed by atoms with van der Waals surface area (Å²) in [6, 6.07) is 0.972. The van der Waals surface area contributed by atoms with Crippen LogP contribution in [0, 0.1) is 11.8 Å². The van der Waals surface area contributed by atoms with E-state index < -0.39 is 0 Å². The summed E-state index contributed by atoms with van der Waals surface area (Å²) in [5.41, 5.74) is 0. The Balaban J connectivity index is 1.83. The molecule has 76 valence electrons. The van der Waals surface area contributed by atoms with Crippen LogP contribution in [0.5, 0.6) is 0 Å². The quantitative estimate of drug-likeness (QED) is 0.633. The minimum absolute atomic E-state index is 0.944. The summed E-state index contributed by atoms with van der Waals surface area (Å²) in [5.74, 6) is 1.95. The Bertz CT molecular complexity index is 163. The van der Waals surface area contributed by atoms with Gasteiger partial charge < -0.3 is 4.90 Å². The lowest BCUT2D eigenvalue weighted by atomic mass is 9.82. The minimum Gasteiger partial charge on any atom is -0.300 e. The van der Waals surface area contributed by atoms with Gasteiger partial charge in [0.25, 0.3) is 0 Å². The van der Waals surface area contributed by atoms with Crippen molar-refractivity contribution in [1.82, 2.24) is 4.90 Å². The van der Waals surface area contributed by atoms with Gasteiger partial charge in [0, 0.05) is 12.6 Å². The first-order valence-electron chi connectivity index (χ1n) is 6.05. The number of nitrogens with zero attached hydrogens (tertiary/aromatic N) is 1. The van der Waals surface area contributed by atoms with Crippen LogP contribution in [0.4, 0.5) is 0 Å². The van der Waals surface area contributed by atoms with Crippen molar-refractivity contribution in [3.63, 3.8) is 0 Å². The lowest BCUT2D eigenvalue weighted by molar-refractivity contribution is 0.0521. The average Bonchev–Trinajstić information content (AvgIpc) is 2.01. The molecule has 1 saturated carbocycles. The van der Waals surface area contributed by atoms with Crippen LogP contribution < -0.4 is 0 Å². The summed E-state index contributed by atoms with van der Waals surface area (Å²) in [5, 5.41) is 0. The van der Waals surface area contributed by atoms with Gasteiger partial charge in [0.05, 0.1) is 0 Å². The Labute approximate surface area is 82.5 Å². The summed E-state index contributed by atoms with van der Waals surface area (Å²) in [6.45, 7) is 7.55. The molecule has 2 aliphatic rings. The summed E-state index contributed by atoms with van der Waals surface area (Å²) < 4.78 is 0. The molecule has 1 nitrogen and oxygen atoms in total. The van der Waals surface area contributed by atoms with Crippen molar-refractivity contribution in [1.29, 1.82) is 0 Å². The van der Waals surface area contributed by atoms with Crippen LogP contribution in [0.2, 0.25) is 0 Å². The fourth-order valence-electron chi connectivity index (χ4n) is 2.92. The van der Waals surface area contributed by atoms with Gasteiger partial charge in [-0.3, -0.25) is 0 Å². The predicted octanol–water partition coefficient (Wildman–Crippen LogP) is 2.91. The van der Waals surface area contributed by atoms with Crippen molar-refractivity contribution in [3.8, 4) is 0 Å². The van der Waals surface area contributed by atoms with E-state index in [9.17, 15) is 0 Å². The fraction of sp³-hybridized carbons (Fsp3) is 1.00. The van der Waals surface area contributed by atoms with Crippen molar-refractivity contribution >= 4 is 0 Å². The fourth-order valence-corrected chi connectivity index (χ4v) is 2.92. The number of hydrogen-bond donors (Lipinski definition) is 0. The van der Waals surface area contributed by atoms with Gasteiger partial charge in [-0.1, -0.05) is 26.7 Å². The monoisotopic (exact) mass is 181 g/mol. The van der Waals surface area contributed by atoms with Gasteiger partial charge in [0.2, 0.25) is 0 Å². The van der Waals surface area contributed by atoms with E-state index in [1.807, 2.05) is 0 Å². The summed E-state index contributed by atoms with van der Waals surface area (Å²) in [7, 11) is 0. The van der Waals surface area contributed by atoms with E-state index in [1.54, 1.807) is 0 Å². The van der Waals surface area contributed by atoms with Crippen LogP contribution in [-0.2, 0) is 0 Å². The van der Waals surface area contributed by atoms with E-state index >= 15 is 0 Å². The summed E-state index contributed by atoms with van der Waals surface area (Å²) in [4.78, 5) is 2.75. The van der Waals surface area contributed by atoms with Crippen molar-refractivity contribution in [2.24, 2.45) is 11.8 Å². The molecule has 2 atom stereocenters. The van der Waals surface area contributed by atoms with Crippen LogP contribution in [0.1, 0.15) is 46.0 Å². The molecule has 0 radical (unpaired) electrons. The molecular weight excluding hydrogens is 158 g/mol. The van der Waals surface area contributed by atoms with Crippen LogP contribution >= 0.6 is 0 Å². The van der Waals surface area contributed by atoms with Gasteiger partial charge in [-0.2, -0.15) is 0 Å². The molecule has 0 aromatic rings. The maximum atomic E-state index is 2.75. The van der Waals surface area contributed by atoms with Gasteiger partial charge in [-0.05, 0) is 37.6 Å². The highest BCUT2D eigenvalue weighted by atomic mass is 15.2. The maximum absolute atomic E-state index is 2.75. The zero-order valence-corrected chi connectivity index (χ0v) is 9.13. The van der Waals surface area contributed by atoms with Crippen LogP contribution in [0.15, 0.2) is 0 Å². The molecule has 1 heteroatoms. The Morgan fingerprint density at radius 2 is 2.00 bits per heavy atom. The second-order valence-electron chi connectivity index (χ2n) is 5.01. The molecule has 1 heterocycles. The first-order valence-corrected chi connectivity index (χ1v) is 6.05. The third-order valence-electron chi connectivity index (χ3n) is 4.23. The molecule has 0 N–H and O–H groups in total. The number of hydrogen-bond acceptors (Lipinski definition) is 1. The predicted molar refractivity (Wildman–Crippen MR) is 56.8 cm³/mol. The highest BCUT2D eigenvalue weighted by Crippen LogP contribution is 2.32. The van der Waals surface area contributed by atoms with Gasteiger partial charge in [0.15, 0.2) is 0 Å². The largest absolute Gasteiger partial charge is 0.300 e. The number of rotatable bonds is 2. The van der Waals surface area contributed by atoms with Gasteiger partial charge >= 0.3 is 0 Å². The standard InChI is InChI=1S/C12H23N/c1-3-11-7-8-13(9-10(11)2)12-5-4-6-12/h10-12H,3-9H2,1-2H3/t10-,11-/m1/s1. The number of piperidine rings is 1. The van der Waals surface area contributed by atoms with Crippen molar-refractivity contribution < 1.29 is 0 Å². The lowest BCUT2D eigenvalue weighted by Gasteiger charge is -2.44. The van der Waals surface area contributed by atoms with E-state index in [4.69, 9.17) is 0 Å². The molecule has 2 rings (SSSR count). The van der Waals surface area contributed by atoms with Crippen LogP contribution in [-0.4, -0.2) is 24.0 Å². The summed E-state index contributed by atoms with van der Waals surface area (Å²) in [6.07, 6.45) is 7.27. The third-order valence-corrected chi connectivity index (χ3v) is 4.23. The van der Waals surface area contributed by atoms with E-state index in [-0.39, 0.29) is 0 Å². The highest BCUT2D eigenvalue weighted by molar-refractivity contribution is 4.85. The SMILES string of the molecule is CC[C@@H]1CCN(C2CCC2)C[C@H]1C. The van der Waals surface area contributed by atoms with Gasteiger partial charge in [0.1, 0.15) is 0 Å². The van der Waals surface area contributed by atoms with Gasteiger partial charge in [-0.15, -0.1) is 0 Å². The van der Waals surface area contributed by atoms with E-state index in [1.165, 1.54) is 45.2 Å². The first kappa shape index (κ1) is 9.51. The van der Waals surface area contributed by atoms with E-state index in [0.717, 1.165) is 17.9 Å². The lowest BCUT2D eigenvalue weighted by Crippen LogP contribution is -2.47. The van der Waals surface area contributed by atoms with Crippen LogP contribution in [0.25, 0.3) is 0 Å². The first-order chi connectivity index (χ1) is 6.31. The van der Waals surface area contributed by atoms with Crippen LogP contribution in [0.3, 0.4) is 0 Å². The Kier molecular flexibility index (Phi) is 2.92. The van der Waals surface area contributed by atoms with Gasteiger partial charge in [-0.25, -0.2) is 0 Å². The van der Waals surface area contributed by atoms with Crippen molar-refractivity contribution in [2.45, 2.75) is 52.0 Å². The maximum Gasteiger partial charge on any atom is 0.00953 e. The normalized spacial score (nSPS) is 37.4. The van der Waals surface area contributed by atoms with Crippen molar-refractivity contribution in [2.75, 3.05) is 13.1 Å². The smallest absolute Gasteiger partial charge is 0.00953 e. The molecule has 0 spiro atoms. The Morgan fingerprint density at radius 1 is 1.23 bits per heavy atom. The molecule has 0 aromatic carbocycles. The molecule has 13 heavy (non-hydrogen) atoms.